The fourth-order valence-corrected chi connectivity index (χ4v) is 1.42. The van der Waals surface area contributed by atoms with E-state index in [9.17, 15) is 18.0 Å². The van der Waals surface area contributed by atoms with E-state index in [2.05, 4.69) is 22.1 Å². The van der Waals surface area contributed by atoms with Crippen LogP contribution in [0, 0.1) is 11.3 Å². The van der Waals surface area contributed by atoms with Crippen LogP contribution in [0.1, 0.15) is 15.9 Å². The van der Waals surface area contributed by atoms with Gasteiger partial charge in [0.15, 0.2) is 5.75 Å². The molecule has 0 heterocycles. The first-order valence-corrected chi connectivity index (χ1v) is 4.85. The second-order valence-electron chi connectivity index (χ2n) is 2.99. The molecule has 4 nitrogen and oxygen atoms in total. The van der Waals surface area contributed by atoms with Crippen LogP contribution in [0.2, 0.25) is 0 Å². The minimum atomic E-state index is -5.01. The van der Waals surface area contributed by atoms with Gasteiger partial charge in [-0.2, -0.15) is 5.26 Å². The predicted molar refractivity (Wildman–Crippen MR) is 56.4 cm³/mol. The average Bonchev–Trinajstić information content (AvgIpc) is 2.29. The molecule has 1 aromatic rings. The molecule has 0 unspecified atom stereocenters. The van der Waals surface area contributed by atoms with Gasteiger partial charge < -0.3 is 9.47 Å². The van der Waals surface area contributed by atoms with Crippen LogP contribution < -0.4 is 4.74 Å². The first-order chi connectivity index (χ1) is 8.30. The first-order valence-electron chi connectivity index (χ1n) is 4.40. The number of ether oxygens (including phenoxy) is 2. The Kier molecular flexibility index (Phi) is 4.08. The van der Waals surface area contributed by atoms with Crippen LogP contribution in [0.4, 0.5) is 13.2 Å². The molecule has 18 heavy (non-hydrogen) atoms. The number of carbonyl (C=O) groups excluding carboxylic acids is 1. The Hall–Kier alpha value is -1.88. The minimum Gasteiger partial charge on any atom is -0.465 e. The van der Waals surface area contributed by atoms with Gasteiger partial charge in [0.25, 0.3) is 0 Å². The van der Waals surface area contributed by atoms with Crippen molar-refractivity contribution >= 4 is 18.6 Å². The highest BCUT2D eigenvalue weighted by Crippen LogP contribution is 2.34. The van der Waals surface area contributed by atoms with Crippen LogP contribution in [0.3, 0.4) is 0 Å². The Morgan fingerprint density at radius 1 is 1.44 bits per heavy atom. The van der Waals surface area contributed by atoms with Gasteiger partial charge in [0.05, 0.1) is 12.7 Å². The molecule has 0 atom stereocenters. The number of nitriles is 1. The van der Waals surface area contributed by atoms with Crippen molar-refractivity contribution in [3.05, 3.63) is 23.3 Å². The van der Waals surface area contributed by atoms with Crippen LogP contribution in [0.5, 0.6) is 5.75 Å². The molecule has 96 valence electrons. The number of nitrogens with zero attached hydrogens (tertiary/aromatic N) is 1. The lowest BCUT2D eigenvalue weighted by Gasteiger charge is -2.14. The second-order valence-corrected chi connectivity index (χ2v) is 3.47. The number of alkyl halides is 3. The molecule has 0 saturated carbocycles. The van der Waals surface area contributed by atoms with Crippen LogP contribution in [0.15, 0.2) is 17.0 Å². The molecule has 0 amide bonds. The average molecular weight is 277 g/mol. The first kappa shape index (κ1) is 14.2. The molecule has 8 heteroatoms. The summed E-state index contributed by atoms with van der Waals surface area (Å²) in [5.74, 6) is -1.96. The van der Waals surface area contributed by atoms with E-state index in [4.69, 9.17) is 5.26 Å². The van der Waals surface area contributed by atoms with Crippen molar-refractivity contribution in [1.29, 1.82) is 5.26 Å². The van der Waals surface area contributed by atoms with Crippen molar-refractivity contribution in [1.82, 2.24) is 0 Å². The van der Waals surface area contributed by atoms with E-state index in [1.165, 1.54) is 0 Å². The number of rotatable bonds is 2. The quantitative estimate of drug-likeness (QED) is 0.666. The lowest BCUT2D eigenvalue weighted by atomic mass is 10.1. The van der Waals surface area contributed by atoms with Crippen LogP contribution in [-0.2, 0) is 4.74 Å². The van der Waals surface area contributed by atoms with Crippen molar-refractivity contribution in [2.24, 2.45) is 0 Å². The third kappa shape index (κ3) is 3.07. The Bertz CT molecular complexity index is 522. The Labute approximate surface area is 105 Å². The van der Waals surface area contributed by atoms with E-state index in [0.717, 1.165) is 19.2 Å². The Morgan fingerprint density at radius 2 is 2.06 bits per heavy atom. The summed E-state index contributed by atoms with van der Waals surface area (Å²) >= 11 is 3.76. The number of esters is 1. The zero-order chi connectivity index (χ0) is 13.9. The molecule has 0 aliphatic heterocycles. The number of halogens is 3. The number of thiol groups is 1. The number of benzene rings is 1. The van der Waals surface area contributed by atoms with Gasteiger partial charge >= 0.3 is 12.3 Å². The maximum atomic E-state index is 12.2. The molecular formula is C10H6F3NO3S. The van der Waals surface area contributed by atoms with Gasteiger partial charge in [-0.15, -0.1) is 25.8 Å². The zero-order valence-corrected chi connectivity index (χ0v) is 9.80. The monoisotopic (exact) mass is 277 g/mol. The smallest absolute Gasteiger partial charge is 0.465 e. The highest BCUT2D eigenvalue weighted by atomic mass is 32.1. The van der Waals surface area contributed by atoms with Gasteiger partial charge in [-0.05, 0) is 12.1 Å². The van der Waals surface area contributed by atoms with Crippen LogP contribution >= 0.6 is 12.6 Å². The van der Waals surface area contributed by atoms with Crippen LogP contribution in [0.25, 0.3) is 0 Å². The fourth-order valence-electron chi connectivity index (χ4n) is 1.19. The maximum absolute atomic E-state index is 12.2. The summed E-state index contributed by atoms with van der Waals surface area (Å²) in [6, 6.07) is 3.85. The van der Waals surface area contributed by atoms with Gasteiger partial charge in [0.1, 0.15) is 11.6 Å². The molecule has 1 rings (SSSR count). The molecule has 1 aromatic carbocycles. The third-order valence-corrected chi connectivity index (χ3v) is 2.22. The van der Waals surface area contributed by atoms with E-state index >= 15 is 0 Å². The van der Waals surface area contributed by atoms with Gasteiger partial charge in [-0.3, -0.25) is 0 Å². The van der Waals surface area contributed by atoms with E-state index in [1.807, 2.05) is 0 Å². The van der Waals surface area contributed by atoms with Crippen molar-refractivity contribution in [2.45, 2.75) is 11.3 Å². The molecule has 0 aliphatic carbocycles. The van der Waals surface area contributed by atoms with Crippen molar-refractivity contribution < 1.29 is 27.4 Å². The van der Waals surface area contributed by atoms with Gasteiger partial charge in [-0.1, -0.05) is 0 Å². The molecule has 0 aliphatic rings. The molecule has 0 N–H and O–H groups in total. The molecular weight excluding hydrogens is 271 g/mol. The second kappa shape index (κ2) is 5.18. The molecule has 0 fully saturated rings. The minimum absolute atomic E-state index is 0.230. The van der Waals surface area contributed by atoms with Crippen molar-refractivity contribution in [2.75, 3.05) is 7.11 Å². The zero-order valence-electron chi connectivity index (χ0n) is 8.91. The van der Waals surface area contributed by atoms with Crippen molar-refractivity contribution in [3.8, 4) is 11.8 Å². The summed E-state index contributed by atoms with van der Waals surface area (Å²) in [5, 5.41) is 8.76. The Morgan fingerprint density at radius 3 is 2.50 bits per heavy atom. The molecule has 0 radical (unpaired) electrons. The summed E-state index contributed by atoms with van der Waals surface area (Å²) in [5.41, 5.74) is -0.899. The van der Waals surface area contributed by atoms with E-state index in [0.29, 0.717) is 0 Å². The summed E-state index contributed by atoms with van der Waals surface area (Å²) in [7, 11) is 0.978. The number of hydrogen-bond donors (Lipinski definition) is 1. The van der Waals surface area contributed by atoms with E-state index < -0.39 is 23.6 Å². The summed E-state index contributed by atoms with van der Waals surface area (Å²) in [6.07, 6.45) is -5.01. The SMILES string of the molecule is COC(=O)c1c(C#N)ccc(S)c1OC(F)(F)F. The fraction of sp³-hybridized carbons (Fsp3) is 0.200. The lowest BCUT2D eigenvalue weighted by Crippen LogP contribution is -2.20. The lowest BCUT2D eigenvalue weighted by molar-refractivity contribution is -0.275. The van der Waals surface area contributed by atoms with Gasteiger partial charge in [-0.25, -0.2) is 4.79 Å². The van der Waals surface area contributed by atoms with E-state index in [1.54, 1.807) is 6.07 Å². The number of carbonyl (C=O) groups is 1. The van der Waals surface area contributed by atoms with Crippen molar-refractivity contribution in [3.63, 3.8) is 0 Å². The third-order valence-electron chi connectivity index (χ3n) is 1.86. The molecule has 0 bridgehead atoms. The topological polar surface area (TPSA) is 59.3 Å². The Balaban J connectivity index is 3.47. The standard InChI is InChI=1S/C10H6F3NO3S/c1-16-9(15)7-5(4-14)2-3-6(18)8(7)17-10(11,12)13/h2-3,18H,1H3. The summed E-state index contributed by atoms with van der Waals surface area (Å²) < 4.78 is 44.7. The number of hydrogen-bond acceptors (Lipinski definition) is 5. The largest absolute Gasteiger partial charge is 0.573 e. The predicted octanol–water partition coefficient (Wildman–Crippen LogP) is 2.53. The maximum Gasteiger partial charge on any atom is 0.573 e. The number of methoxy groups -OCH3 is 1. The highest BCUT2D eigenvalue weighted by Gasteiger charge is 2.35. The van der Waals surface area contributed by atoms with E-state index in [-0.39, 0.29) is 10.5 Å². The summed E-state index contributed by atoms with van der Waals surface area (Å²) in [6.45, 7) is 0. The van der Waals surface area contributed by atoms with Gasteiger partial charge in [0.2, 0.25) is 0 Å². The highest BCUT2D eigenvalue weighted by molar-refractivity contribution is 7.80. The normalized spacial score (nSPS) is 10.7. The van der Waals surface area contributed by atoms with Gasteiger partial charge in [0, 0.05) is 4.90 Å². The molecule has 0 spiro atoms. The summed E-state index contributed by atoms with van der Waals surface area (Å²) in [4.78, 5) is 11.2. The molecule has 0 aromatic heterocycles. The van der Waals surface area contributed by atoms with Crippen LogP contribution in [-0.4, -0.2) is 19.4 Å². The molecule has 0 saturated heterocycles.